The van der Waals surface area contributed by atoms with Gasteiger partial charge in [-0.2, -0.15) is 13.2 Å². The Bertz CT molecular complexity index is 1280. The Kier molecular flexibility index (Phi) is 8.77. The van der Waals surface area contributed by atoms with E-state index in [1.54, 1.807) is 0 Å². The Hall–Kier alpha value is -3.45. The SMILES string of the molecule is FC(F)(F)c1cccc(N(CP(c2ccccc2)c2ccccc2)CP(c2ccccc2)c2ccccc2)c1. The molecule has 0 aromatic heterocycles. The Morgan fingerprint density at radius 2 is 0.821 bits per heavy atom. The summed E-state index contributed by atoms with van der Waals surface area (Å²) in [5, 5.41) is 4.78. The number of rotatable bonds is 9. The van der Waals surface area contributed by atoms with Crippen molar-refractivity contribution >= 4 is 42.7 Å². The highest BCUT2D eigenvalue weighted by Gasteiger charge is 2.31. The molecular weight excluding hydrogens is 529 g/mol. The summed E-state index contributed by atoms with van der Waals surface area (Å²) in [5.74, 6) is 0. The molecule has 5 aromatic carbocycles. The van der Waals surface area contributed by atoms with E-state index in [-0.39, 0.29) is 0 Å². The quantitative estimate of drug-likeness (QED) is 0.168. The van der Waals surface area contributed by atoms with Crippen LogP contribution in [-0.2, 0) is 6.18 Å². The van der Waals surface area contributed by atoms with Crippen molar-refractivity contribution < 1.29 is 13.2 Å². The maximum atomic E-state index is 13.8. The highest BCUT2D eigenvalue weighted by Crippen LogP contribution is 2.42. The molecule has 0 atom stereocenters. The molecule has 6 heteroatoms. The van der Waals surface area contributed by atoms with Crippen LogP contribution in [0.2, 0.25) is 0 Å². The molecule has 39 heavy (non-hydrogen) atoms. The summed E-state index contributed by atoms with van der Waals surface area (Å²) in [7, 11) is -1.73. The van der Waals surface area contributed by atoms with Gasteiger partial charge < -0.3 is 4.90 Å². The summed E-state index contributed by atoms with van der Waals surface area (Å²) in [6, 6.07) is 47.0. The van der Waals surface area contributed by atoms with Gasteiger partial charge in [-0.25, -0.2) is 0 Å². The van der Waals surface area contributed by atoms with E-state index >= 15 is 0 Å². The van der Waals surface area contributed by atoms with Crippen LogP contribution in [0.25, 0.3) is 0 Å². The lowest BCUT2D eigenvalue weighted by atomic mass is 10.2. The van der Waals surface area contributed by atoms with Crippen molar-refractivity contribution in [1.82, 2.24) is 0 Å². The molecule has 0 N–H and O–H groups in total. The molecule has 5 aromatic rings. The summed E-state index contributed by atoms with van der Waals surface area (Å²) >= 11 is 0. The lowest BCUT2D eigenvalue weighted by molar-refractivity contribution is -0.137. The zero-order valence-corrected chi connectivity index (χ0v) is 23.0. The van der Waals surface area contributed by atoms with Gasteiger partial charge in [0.2, 0.25) is 0 Å². The minimum Gasteiger partial charge on any atom is -0.362 e. The average Bonchev–Trinajstić information content (AvgIpc) is 2.99. The summed E-state index contributed by atoms with van der Waals surface area (Å²) in [6.45, 7) is 0. The topological polar surface area (TPSA) is 3.24 Å². The minimum absolute atomic E-state index is 0.587. The maximum Gasteiger partial charge on any atom is 0.416 e. The Morgan fingerprint density at radius 3 is 1.15 bits per heavy atom. The third-order valence-corrected chi connectivity index (χ3v) is 11.4. The molecule has 5 rings (SSSR count). The van der Waals surface area contributed by atoms with E-state index in [2.05, 4.69) is 53.4 Å². The van der Waals surface area contributed by atoms with Gasteiger partial charge in [-0.1, -0.05) is 127 Å². The summed E-state index contributed by atoms with van der Waals surface area (Å²) < 4.78 is 41.4. The van der Waals surface area contributed by atoms with Crippen molar-refractivity contribution in [2.45, 2.75) is 6.18 Å². The first kappa shape index (κ1) is 27.1. The van der Waals surface area contributed by atoms with E-state index in [0.29, 0.717) is 18.3 Å². The maximum absolute atomic E-state index is 13.8. The second kappa shape index (κ2) is 12.6. The van der Waals surface area contributed by atoms with Crippen LogP contribution in [-0.4, -0.2) is 12.6 Å². The molecule has 1 nitrogen and oxygen atoms in total. The van der Waals surface area contributed by atoms with E-state index in [1.165, 1.54) is 33.4 Å². The fourth-order valence-electron chi connectivity index (χ4n) is 4.48. The van der Waals surface area contributed by atoms with E-state index < -0.39 is 27.6 Å². The number of anilines is 1. The molecule has 0 radical (unpaired) electrons. The number of hydrogen-bond donors (Lipinski definition) is 0. The third kappa shape index (κ3) is 6.95. The number of benzene rings is 5. The van der Waals surface area contributed by atoms with Gasteiger partial charge in [0.05, 0.1) is 5.56 Å². The molecule has 0 bridgehead atoms. The van der Waals surface area contributed by atoms with Gasteiger partial charge in [-0.15, -0.1) is 0 Å². The standard InChI is InChI=1S/C33H28F3NP2/c34-33(35,36)27-14-13-15-28(24-27)37(25-38(29-16-5-1-6-17-29)30-18-7-2-8-19-30)26-39(31-20-9-3-10-21-31)32-22-11-4-12-23-32/h1-24H,25-26H2. The molecule has 0 aliphatic heterocycles. The van der Waals surface area contributed by atoms with Gasteiger partial charge in [0, 0.05) is 18.3 Å². The zero-order chi connectivity index (χ0) is 27.1. The molecule has 0 amide bonds. The molecule has 0 aliphatic rings. The van der Waals surface area contributed by atoms with Gasteiger partial charge in [0.15, 0.2) is 0 Å². The molecule has 0 unspecified atom stereocenters. The van der Waals surface area contributed by atoms with Crippen molar-refractivity contribution in [3.05, 3.63) is 151 Å². The second-order valence-corrected chi connectivity index (χ2v) is 13.4. The molecular formula is C33H28F3NP2. The van der Waals surface area contributed by atoms with Crippen LogP contribution in [0, 0.1) is 0 Å². The first-order valence-electron chi connectivity index (χ1n) is 12.7. The molecule has 0 spiro atoms. The van der Waals surface area contributed by atoms with E-state index in [9.17, 15) is 13.2 Å². The summed E-state index contributed by atoms with van der Waals surface area (Å²) in [5.41, 5.74) is -0.0407. The summed E-state index contributed by atoms with van der Waals surface area (Å²) in [6.07, 6.45) is -3.21. The Balaban J connectivity index is 1.61. The van der Waals surface area contributed by atoms with Gasteiger partial charge in [-0.05, 0) is 55.3 Å². The lowest BCUT2D eigenvalue weighted by Crippen LogP contribution is -2.32. The van der Waals surface area contributed by atoms with E-state index in [0.717, 1.165) is 6.07 Å². The minimum atomic E-state index is -4.41. The first-order chi connectivity index (χ1) is 19.0. The highest BCUT2D eigenvalue weighted by atomic mass is 31.1. The number of halogens is 3. The molecule has 0 heterocycles. The molecule has 0 aliphatic carbocycles. The fraction of sp³-hybridized carbons (Fsp3) is 0.0909. The predicted molar refractivity (Wildman–Crippen MR) is 162 cm³/mol. The van der Waals surface area contributed by atoms with Gasteiger partial charge in [0.25, 0.3) is 0 Å². The fourth-order valence-corrected chi connectivity index (χ4v) is 9.23. The van der Waals surface area contributed by atoms with E-state index in [1.807, 2.05) is 78.9 Å². The predicted octanol–water partition coefficient (Wildman–Crippen LogP) is 7.69. The van der Waals surface area contributed by atoms with Crippen molar-refractivity contribution in [1.29, 1.82) is 0 Å². The smallest absolute Gasteiger partial charge is 0.362 e. The van der Waals surface area contributed by atoms with Crippen LogP contribution >= 0.6 is 15.8 Å². The third-order valence-electron chi connectivity index (χ3n) is 6.43. The van der Waals surface area contributed by atoms with Gasteiger partial charge >= 0.3 is 6.18 Å². The number of alkyl halides is 3. The Morgan fingerprint density at radius 1 is 0.462 bits per heavy atom. The summed E-state index contributed by atoms with van der Waals surface area (Å²) in [4.78, 5) is 2.17. The molecule has 0 fully saturated rings. The molecule has 0 saturated heterocycles. The van der Waals surface area contributed by atoms with Gasteiger partial charge in [-0.3, -0.25) is 0 Å². The van der Waals surface area contributed by atoms with Gasteiger partial charge in [0.1, 0.15) is 0 Å². The number of hydrogen-bond acceptors (Lipinski definition) is 1. The van der Waals surface area contributed by atoms with Crippen molar-refractivity contribution in [2.75, 3.05) is 17.5 Å². The molecule has 0 saturated carbocycles. The van der Waals surface area contributed by atoms with Crippen molar-refractivity contribution in [2.24, 2.45) is 0 Å². The normalized spacial score (nSPS) is 11.6. The zero-order valence-electron chi connectivity index (χ0n) is 21.2. The Labute approximate surface area is 230 Å². The van der Waals surface area contributed by atoms with Crippen LogP contribution in [0.1, 0.15) is 5.56 Å². The van der Waals surface area contributed by atoms with Crippen molar-refractivity contribution in [3.8, 4) is 0 Å². The number of nitrogens with zero attached hydrogens (tertiary/aromatic N) is 1. The van der Waals surface area contributed by atoms with Crippen LogP contribution in [0.15, 0.2) is 146 Å². The monoisotopic (exact) mass is 557 g/mol. The van der Waals surface area contributed by atoms with Crippen LogP contribution in [0.4, 0.5) is 18.9 Å². The van der Waals surface area contributed by atoms with Crippen molar-refractivity contribution in [3.63, 3.8) is 0 Å². The van der Waals surface area contributed by atoms with Crippen LogP contribution < -0.4 is 26.1 Å². The van der Waals surface area contributed by atoms with Crippen LogP contribution in [0.3, 0.4) is 0 Å². The second-order valence-electron chi connectivity index (χ2n) is 9.07. The average molecular weight is 558 g/mol. The molecule has 196 valence electrons. The largest absolute Gasteiger partial charge is 0.416 e. The van der Waals surface area contributed by atoms with Crippen LogP contribution in [0.5, 0.6) is 0 Å². The highest BCUT2D eigenvalue weighted by molar-refractivity contribution is 7.74. The van der Waals surface area contributed by atoms with E-state index in [4.69, 9.17) is 0 Å². The lowest BCUT2D eigenvalue weighted by Gasteiger charge is -2.34. The first-order valence-corrected chi connectivity index (χ1v) is 15.7.